The minimum Gasteiger partial charge on any atom is -0.326 e. The fourth-order valence-electron chi connectivity index (χ4n) is 2.48. The molecule has 0 radical (unpaired) electrons. The van der Waals surface area contributed by atoms with Gasteiger partial charge in [-0.25, -0.2) is 4.68 Å². The molecular formula is C16H17N5O3. The highest BCUT2D eigenvalue weighted by Gasteiger charge is 2.34. The van der Waals surface area contributed by atoms with Crippen molar-refractivity contribution in [3.63, 3.8) is 0 Å². The molecule has 0 aliphatic carbocycles. The number of hydrogen-bond donors (Lipinski definition) is 2. The molecular weight excluding hydrogens is 310 g/mol. The van der Waals surface area contributed by atoms with Gasteiger partial charge in [0, 0.05) is 17.7 Å². The van der Waals surface area contributed by atoms with Gasteiger partial charge < -0.3 is 5.32 Å². The van der Waals surface area contributed by atoms with E-state index in [9.17, 15) is 14.4 Å². The van der Waals surface area contributed by atoms with Crippen LogP contribution in [0.4, 0.5) is 11.6 Å². The molecule has 1 atom stereocenters. The van der Waals surface area contributed by atoms with Crippen molar-refractivity contribution in [3.05, 3.63) is 35.7 Å². The Hall–Kier alpha value is -3.03. The first-order chi connectivity index (χ1) is 11.5. The molecule has 2 heterocycles. The van der Waals surface area contributed by atoms with Crippen molar-refractivity contribution in [3.8, 4) is 0 Å². The van der Waals surface area contributed by atoms with Crippen LogP contribution in [0, 0.1) is 0 Å². The molecule has 0 saturated carbocycles. The van der Waals surface area contributed by atoms with Crippen LogP contribution in [0.15, 0.2) is 24.3 Å². The topological polar surface area (TPSA) is 106 Å². The number of amides is 2. The summed E-state index contributed by atoms with van der Waals surface area (Å²) >= 11 is 0. The van der Waals surface area contributed by atoms with Crippen molar-refractivity contribution in [1.82, 2.24) is 14.8 Å². The Bertz CT molecular complexity index is 810. The van der Waals surface area contributed by atoms with E-state index >= 15 is 0 Å². The Morgan fingerprint density at radius 2 is 2.00 bits per heavy atom. The quantitative estimate of drug-likeness (QED) is 0.811. The highest BCUT2D eigenvalue weighted by atomic mass is 16.2. The number of hydrogen-bond acceptors (Lipinski definition) is 5. The van der Waals surface area contributed by atoms with E-state index < -0.39 is 6.04 Å². The van der Waals surface area contributed by atoms with E-state index in [1.807, 2.05) is 6.92 Å². The smallest absolute Gasteiger partial charge is 0.252 e. The molecule has 1 aliphatic rings. The first kappa shape index (κ1) is 15.9. The molecule has 0 bridgehead atoms. The van der Waals surface area contributed by atoms with Crippen LogP contribution >= 0.6 is 0 Å². The number of carbonyl (C=O) groups is 3. The van der Waals surface area contributed by atoms with E-state index in [2.05, 4.69) is 20.7 Å². The molecule has 24 heavy (non-hydrogen) atoms. The average Bonchev–Trinajstić information content (AvgIpc) is 3.06. The lowest BCUT2D eigenvalue weighted by Gasteiger charge is -2.10. The van der Waals surface area contributed by atoms with Crippen molar-refractivity contribution in [1.29, 1.82) is 0 Å². The number of Topliss-reactive ketones (excluding diaryl/α,β-unsaturated/α-hetero) is 1. The molecule has 1 aromatic heterocycles. The number of ketones is 1. The lowest BCUT2D eigenvalue weighted by molar-refractivity contribution is -0.123. The molecule has 8 nitrogen and oxygen atoms in total. The summed E-state index contributed by atoms with van der Waals surface area (Å²) in [6.45, 7) is 3.39. The third-order valence-electron chi connectivity index (χ3n) is 3.78. The Morgan fingerprint density at radius 3 is 2.62 bits per heavy atom. The van der Waals surface area contributed by atoms with Gasteiger partial charge in [0.15, 0.2) is 11.6 Å². The van der Waals surface area contributed by atoms with Crippen LogP contribution in [-0.2, 0) is 16.0 Å². The molecule has 8 heteroatoms. The number of fused-ring (bicyclic) bond motifs is 1. The Kier molecular flexibility index (Phi) is 4.11. The number of aromatic nitrogens is 3. The fraction of sp³-hybridized carbons (Fsp3) is 0.312. The zero-order valence-corrected chi connectivity index (χ0v) is 13.4. The maximum Gasteiger partial charge on any atom is 0.252 e. The average molecular weight is 327 g/mol. The van der Waals surface area contributed by atoms with E-state index in [4.69, 9.17) is 0 Å². The van der Waals surface area contributed by atoms with Crippen molar-refractivity contribution < 1.29 is 14.4 Å². The van der Waals surface area contributed by atoms with Gasteiger partial charge >= 0.3 is 0 Å². The normalized spacial score (nSPS) is 15.8. The van der Waals surface area contributed by atoms with E-state index in [1.165, 1.54) is 11.6 Å². The molecule has 2 aromatic rings. The predicted octanol–water partition coefficient (Wildman–Crippen LogP) is 1.57. The standard InChI is InChI=1S/C16H17N5O3/c1-3-13-18-16-19-15(24)12(21(16)20-13)8-14(23)17-11-6-4-10(5-7-11)9(2)22/h4-7,12H,3,8H2,1-2H3,(H,17,23)(H,18,19,20,24). The number of benzene rings is 1. The van der Waals surface area contributed by atoms with E-state index in [0.29, 0.717) is 29.4 Å². The minimum absolute atomic E-state index is 0.0408. The van der Waals surface area contributed by atoms with Gasteiger partial charge in [0.05, 0.1) is 6.42 Å². The summed E-state index contributed by atoms with van der Waals surface area (Å²) in [5.41, 5.74) is 1.14. The van der Waals surface area contributed by atoms with Gasteiger partial charge in [-0.2, -0.15) is 10.1 Å². The molecule has 3 rings (SSSR count). The van der Waals surface area contributed by atoms with Gasteiger partial charge in [-0.3, -0.25) is 19.7 Å². The summed E-state index contributed by atoms with van der Waals surface area (Å²) < 4.78 is 1.46. The molecule has 2 N–H and O–H groups in total. The molecule has 1 aromatic carbocycles. The minimum atomic E-state index is -0.704. The Balaban J connectivity index is 1.68. The van der Waals surface area contributed by atoms with Crippen molar-refractivity contribution in [2.45, 2.75) is 32.7 Å². The van der Waals surface area contributed by atoms with Gasteiger partial charge in [0.25, 0.3) is 5.91 Å². The molecule has 0 spiro atoms. The maximum atomic E-state index is 12.2. The second kappa shape index (κ2) is 6.23. The second-order valence-corrected chi connectivity index (χ2v) is 5.54. The van der Waals surface area contributed by atoms with Crippen LogP contribution < -0.4 is 10.6 Å². The number of rotatable bonds is 5. The van der Waals surface area contributed by atoms with Crippen LogP contribution in [0.25, 0.3) is 0 Å². The summed E-state index contributed by atoms with van der Waals surface area (Å²) in [4.78, 5) is 39.6. The van der Waals surface area contributed by atoms with Crippen LogP contribution in [0.5, 0.6) is 0 Å². The zero-order valence-electron chi connectivity index (χ0n) is 13.4. The van der Waals surface area contributed by atoms with Gasteiger partial charge in [-0.15, -0.1) is 0 Å². The number of aryl methyl sites for hydroxylation is 1. The van der Waals surface area contributed by atoms with Crippen molar-refractivity contribution in [2.24, 2.45) is 0 Å². The number of anilines is 2. The highest BCUT2D eigenvalue weighted by Crippen LogP contribution is 2.25. The highest BCUT2D eigenvalue weighted by molar-refractivity contribution is 6.01. The maximum absolute atomic E-state index is 12.2. The summed E-state index contributed by atoms with van der Waals surface area (Å²) in [5.74, 6) is 0.346. The lowest BCUT2D eigenvalue weighted by Crippen LogP contribution is -2.24. The molecule has 1 aliphatic heterocycles. The first-order valence-corrected chi connectivity index (χ1v) is 7.65. The van der Waals surface area contributed by atoms with Crippen LogP contribution in [0.2, 0.25) is 0 Å². The summed E-state index contributed by atoms with van der Waals surface area (Å²) in [7, 11) is 0. The van der Waals surface area contributed by atoms with Crippen LogP contribution in [-0.4, -0.2) is 32.4 Å². The molecule has 0 saturated heterocycles. The second-order valence-electron chi connectivity index (χ2n) is 5.54. The summed E-state index contributed by atoms with van der Waals surface area (Å²) in [5, 5.41) is 9.58. The summed E-state index contributed by atoms with van der Waals surface area (Å²) in [6, 6.07) is 5.88. The Morgan fingerprint density at radius 1 is 1.29 bits per heavy atom. The fourth-order valence-corrected chi connectivity index (χ4v) is 2.48. The monoisotopic (exact) mass is 327 g/mol. The zero-order chi connectivity index (χ0) is 17.3. The van der Waals surface area contributed by atoms with Crippen LogP contribution in [0.1, 0.15) is 42.5 Å². The van der Waals surface area contributed by atoms with E-state index in [-0.39, 0.29) is 24.0 Å². The van der Waals surface area contributed by atoms with Gasteiger partial charge in [0.2, 0.25) is 11.9 Å². The lowest BCUT2D eigenvalue weighted by atomic mass is 10.1. The SMILES string of the molecule is CCc1nc2n(n1)C(CC(=O)Nc1ccc(C(C)=O)cc1)C(=O)N2. The molecule has 0 fully saturated rings. The van der Waals surface area contributed by atoms with Crippen LogP contribution in [0.3, 0.4) is 0 Å². The van der Waals surface area contributed by atoms with Crippen molar-refractivity contribution in [2.75, 3.05) is 10.6 Å². The summed E-state index contributed by atoms with van der Waals surface area (Å²) in [6.07, 6.45) is 0.608. The predicted molar refractivity (Wildman–Crippen MR) is 86.8 cm³/mol. The third-order valence-corrected chi connectivity index (χ3v) is 3.78. The molecule has 2 amide bonds. The number of carbonyl (C=O) groups excluding carboxylic acids is 3. The molecule has 1 unspecified atom stereocenters. The van der Waals surface area contributed by atoms with E-state index in [0.717, 1.165) is 0 Å². The third kappa shape index (κ3) is 3.03. The van der Waals surface area contributed by atoms with Gasteiger partial charge in [0.1, 0.15) is 6.04 Å². The Labute approximate surface area is 138 Å². The first-order valence-electron chi connectivity index (χ1n) is 7.65. The number of nitrogens with one attached hydrogen (secondary N) is 2. The van der Waals surface area contributed by atoms with Gasteiger partial charge in [-0.1, -0.05) is 6.92 Å². The largest absolute Gasteiger partial charge is 0.326 e. The van der Waals surface area contributed by atoms with Crippen molar-refractivity contribution >= 4 is 29.2 Å². The van der Waals surface area contributed by atoms with E-state index in [1.54, 1.807) is 24.3 Å². The number of nitrogens with zero attached hydrogens (tertiary/aromatic N) is 3. The van der Waals surface area contributed by atoms with Gasteiger partial charge in [-0.05, 0) is 31.2 Å². The molecule has 124 valence electrons.